The first-order chi connectivity index (χ1) is 15.1. The number of para-hydroxylation sites is 1. The number of hydrogen-bond donors (Lipinski definition) is 0. The van der Waals surface area contributed by atoms with Crippen molar-refractivity contribution < 1.29 is 18.7 Å². The number of fused-ring (bicyclic) bond motifs is 1. The van der Waals surface area contributed by atoms with Crippen LogP contribution < -0.4 is 9.47 Å². The van der Waals surface area contributed by atoms with E-state index >= 15 is 0 Å². The summed E-state index contributed by atoms with van der Waals surface area (Å²) in [6.07, 6.45) is 2.04. The van der Waals surface area contributed by atoms with E-state index in [9.17, 15) is 4.79 Å². The van der Waals surface area contributed by atoms with Gasteiger partial charge in [0.15, 0.2) is 17.3 Å². The number of methoxy groups -OCH3 is 2. The zero-order chi connectivity index (χ0) is 21.8. The molecule has 31 heavy (non-hydrogen) atoms. The highest BCUT2D eigenvalue weighted by Gasteiger charge is 2.28. The predicted octanol–water partition coefficient (Wildman–Crippen LogP) is 4.27. The Kier molecular flexibility index (Phi) is 6.73. The molecule has 164 valence electrons. The maximum atomic E-state index is 13.3. The van der Waals surface area contributed by atoms with Crippen molar-refractivity contribution in [2.75, 3.05) is 46.7 Å². The molecular weight excluding hydrogens is 412 g/mol. The van der Waals surface area contributed by atoms with E-state index in [1.165, 1.54) is 0 Å². The lowest BCUT2D eigenvalue weighted by molar-refractivity contribution is 0.0599. The van der Waals surface area contributed by atoms with Crippen LogP contribution >= 0.6 is 11.8 Å². The van der Waals surface area contributed by atoms with Crippen LogP contribution in [0.2, 0.25) is 0 Å². The van der Waals surface area contributed by atoms with Gasteiger partial charge in [-0.3, -0.25) is 9.69 Å². The molecule has 0 aliphatic carbocycles. The molecule has 3 aromatic rings. The van der Waals surface area contributed by atoms with Crippen LogP contribution in [0.3, 0.4) is 0 Å². The number of thioether (sulfide) groups is 1. The third-order valence-corrected chi connectivity index (χ3v) is 6.27. The highest BCUT2D eigenvalue weighted by Crippen LogP contribution is 2.30. The zero-order valence-corrected chi connectivity index (χ0v) is 19.0. The standard InChI is InChI=1S/C24H28N2O4S/c1-28-21-9-8-17(14-22(21)29-2)15-25-10-12-26(13-11-25)24(27)23-19(16-31-3)18-6-4-5-7-20(18)30-23/h4-9,14H,10-13,15-16H2,1-3H3. The van der Waals surface area contributed by atoms with E-state index in [0.29, 0.717) is 18.8 Å². The molecule has 2 aromatic carbocycles. The van der Waals surface area contributed by atoms with Crippen LogP contribution in [0.25, 0.3) is 11.0 Å². The maximum absolute atomic E-state index is 13.3. The van der Waals surface area contributed by atoms with Crippen molar-refractivity contribution in [3.63, 3.8) is 0 Å². The summed E-state index contributed by atoms with van der Waals surface area (Å²) in [4.78, 5) is 17.5. The average molecular weight is 441 g/mol. The van der Waals surface area contributed by atoms with E-state index in [4.69, 9.17) is 13.9 Å². The van der Waals surface area contributed by atoms with Crippen molar-refractivity contribution >= 4 is 28.6 Å². The highest BCUT2D eigenvalue weighted by molar-refractivity contribution is 7.97. The number of carbonyl (C=O) groups excluding carboxylic acids is 1. The van der Waals surface area contributed by atoms with Crippen LogP contribution in [0.15, 0.2) is 46.9 Å². The van der Waals surface area contributed by atoms with Crippen LogP contribution in [0.4, 0.5) is 0 Å². The van der Waals surface area contributed by atoms with Gasteiger partial charge in [0.05, 0.1) is 14.2 Å². The second-order valence-electron chi connectivity index (χ2n) is 7.60. The quantitative estimate of drug-likeness (QED) is 0.547. The van der Waals surface area contributed by atoms with Gasteiger partial charge in [0, 0.05) is 49.4 Å². The number of furan rings is 1. The topological polar surface area (TPSA) is 55.2 Å². The summed E-state index contributed by atoms with van der Waals surface area (Å²) in [6, 6.07) is 13.9. The third kappa shape index (κ3) is 4.52. The Morgan fingerprint density at radius 1 is 1.03 bits per heavy atom. The van der Waals surface area contributed by atoms with Crippen molar-refractivity contribution in [2.24, 2.45) is 0 Å². The number of piperazine rings is 1. The summed E-state index contributed by atoms with van der Waals surface area (Å²) >= 11 is 1.70. The summed E-state index contributed by atoms with van der Waals surface area (Å²) in [7, 11) is 3.29. The third-order valence-electron chi connectivity index (χ3n) is 5.69. The minimum absolute atomic E-state index is 0.00832. The number of nitrogens with zero attached hydrogens (tertiary/aromatic N) is 2. The van der Waals surface area contributed by atoms with E-state index in [-0.39, 0.29) is 5.91 Å². The predicted molar refractivity (Wildman–Crippen MR) is 124 cm³/mol. The number of rotatable bonds is 7. The average Bonchev–Trinajstić information content (AvgIpc) is 3.18. The van der Waals surface area contributed by atoms with Gasteiger partial charge in [0.2, 0.25) is 0 Å². The van der Waals surface area contributed by atoms with Gasteiger partial charge in [0.1, 0.15) is 5.58 Å². The largest absolute Gasteiger partial charge is 0.493 e. The first-order valence-corrected chi connectivity index (χ1v) is 11.8. The lowest BCUT2D eigenvalue weighted by Gasteiger charge is -2.34. The molecule has 0 saturated carbocycles. The molecule has 2 heterocycles. The minimum atomic E-state index is -0.00832. The van der Waals surface area contributed by atoms with Crippen molar-refractivity contribution in [1.29, 1.82) is 0 Å². The van der Waals surface area contributed by atoms with Crippen molar-refractivity contribution in [3.8, 4) is 11.5 Å². The second-order valence-corrected chi connectivity index (χ2v) is 8.46. The Hall–Kier alpha value is -2.64. The molecule has 1 amide bonds. The molecule has 0 radical (unpaired) electrons. The molecule has 0 atom stereocenters. The Labute approximate surface area is 187 Å². The number of carbonyl (C=O) groups is 1. The molecular formula is C24H28N2O4S. The van der Waals surface area contributed by atoms with Gasteiger partial charge >= 0.3 is 0 Å². The number of benzene rings is 2. The molecule has 1 fully saturated rings. The van der Waals surface area contributed by atoms with E-state index in [1.54, 1.807) is 26.0 Å². The summed E-state index contributed by atoms with van der Waals surface area (Å²) in [5, 5.41) is 1.03. The summed E-state index contributed by atoms with van der Waals surface area (Å²) < 4.78 is 16.7. The normalized spacial score (nSPS) is 14.7. The number of ether oxygens (including phenoxy) is 2. The Bertz CT molecular complexity index is 1060. The molecule has 1 aliphatic heterocycles. The fourth-order valence-corrected chi connectivity index (χ4v) is 4.62. The van der Waals surface area contributed by atoms with Gasteiger partial charge < -0.3 is 18.8 Å². The lowest BCUT2D eigenvalue weighted by atomic mass is 10.1. The monoisotopic (exact) mass is 440 g/mol. The molecule has 1 saturated heterocycles. The van der Waals surface area contributed by atoms with Crippen molar-refractivity contribution in [2.45, 2.75) is 12.3 Å². The zero-order valence-electron chi connectivity index (χ0n) is 18.2. The summed E-state index contributed by atoms with van der Waals surface area (Å²) in [5.41, 5.74) is 2.94. The fourth-order valence-electron chi connectivity index (χ4n) is 4.05. The molecule has 0 bridgehead atoms. The summed E-state index contributed by atoms with van der Waals surface area (Å²) in [5.74, 6) is 2.71. The number of amides is 1. The molecule has 1 aromatic heterocycles. The van der Waals surface area contributed by atoms with Crippen molar-refractivity contribution in [1.82, 2.24) is 9.80 Å². The van der Waals surface area contributed by atoms with Crippen molar-refractivity contribution in [3.05, 3.63) is 59.4 Å². The molecule has 7 heteroatoms. The maximum Gasteiger partial charge on any atom is 0.290 e. The molecule has 1 aliphatic rings. The SMILES string of the molecule is COc1ccc(CN2CCN(C(=O)c3oc4ccccc4c3CSC)CC2)cc1OC. The smallest absolute Gasteiger partial charge is 0.290 e. The van der Waals surface area contributed by atoms with E-state index in [1.807, 2.05) is 47.6 Å². The fraction of sp³-hybridized carbons (Fsp3) is 0.375. The van der Waals surface area contributed by atoms with Crippen LogP contribution in [0.5, 0.6) is 11.5 Å². The van der Waals surface area contributed by atoms with E-state index in [0.717, 1.165) is 59.0 Å². The van der Waals surface area contributed by atoms with Crippen LogP contribution in [0.1, 0.15) is 21.7 Å². The summed E-state index contributed by atoms with van der Waals surface area (Å²) in [6.45, 7) is 3.81. The van der Waals surface area contributed by atoms with E-state index < -0.39 is 0 Å². The first kappa shape index (κ1) is 21.6. The second kappa shape index (κ2) is 9.66. The van der Waals surface area contributed by atoms with Gasteiger partial charge in [-0.15, -0.1) is 0 Å². The Balaban J connectivity index is 1.43. The molecule has 0 spiro atoms. The minimum Gasteiger partial charge on any atom is -0.493 e. The van der Waals surface area contributed by atoms with Gasteiger partial charge in [-0.2, -0.15) is 11.8 Å². The first-order valence-electron chi connectivity index (χ1n) is 10.4. The highest BCUT2D eigenvalue weighted by atomic mass is 32.2. The molecule has 0 unspecified atom stereocenters. The van der Waals surface area contributed by atoms with Gasteiger partial charge in [-0.1, -0.05) is 24.3 Å². The van der Waals surface area contributed by atoms with Gasteiger partial charge in [0.25, 0.3) is 5.91 Å². The molecule has 4 rings (SSSR count). The van der Waals surface area contributed by atoms with E-state index in [2.05, 4.69) is 11.0 Å². The van der Waals surface area contributed by atoms with Crippen LogP contribution in [-0.4, -0.2) is 62.4 Å². The lowest BCUT2D eigenvalue weighted by Crippen LogP contribution is -2.48. The molecule has 0 N–H and O–H groups in total. The van der Waals surface area contributed by atoms with Crippen LogP contribution in [-0.2, 0) is 12.3 Å². The van der Waals surface area contributed by atoms with Gasteiger partial charge in [-0.05, 0) is 30.0 Å². The van der Waals surface area contributed by atoms with Gasteiger partial charge in [-0.25, -0.2) is 0 Å². The van der Waals surface area contributed by atoms with Crippen LogP contribution in [0, 0.1) is 0 Å². The Morgan fingerprint density at radius 3 is 2.48 bits per heavy atom. The number of hydrogen-bond acceptors (Lipinski definition) is 6. The molecule has 6 nitrogen and oxygen atoms in total. The Morgan fingerprint density at radius 2 is 1.77 bits per heavy atom.